The number of hydrogen-bond acceptors (Lipinski definition) is 4. The number of benzene rings is 1. The van der Waals surface area contributed by atoms with Gasteiger partial charge in [0.25, 0.3) is 0 Å². The molecule has 0 bridgehead atoms. The van der Waals surface area contributed by atoms with Crippen molar-refractivity contribution in [2.45, 2.75) is 25.7 Å². The number of aliphatic carboxylic acids is 1. The highest BCUT2D eigenvalue weighted by molar-refractivity contribution is 5.99. The van der Waals surface area contributed by atoms with E-state index in [1.807, 2.05) is 0 Å². The van der Waals surface area contributed by atoms with E-state index in [4.69, 9.17) is 16.2 Å². The van der Waals surface area contributed by atoms with E-state index in [9.17, 15) is 14.4 Å². The number of piperidine rings is 1. The SMILES string of the molecule is N=C(N)c1ccc(N2CCCC(CC(=O)NCCC(=O)O)C2=O)cc1. The van der Waals surface area contributed by atoms with Crippen LogP contribution in [0.25, 0.3) is 0 Å². The van der Waals surface area contributed by atoms with Crippen molar-refractivity contribution in [2.75, 3.05) is 18.0 Å². The maximum atomic E-state index is 12.6. The normalized spacial score (nSPS) is 17.2. The number of nitrogens with two attached hydrogens (primary N) is 1. The number of nitrogen functional groups attached to an aromatic ring is 1. The average Bonchev–Trinajstić information content (AvgIpc) is 2.56. The summed E-state index contributed by atoms with van der Waals surface area (Å²) in [5, 5.41) is 18.5. The van der Waals surface area contributed by atoms with Crippen LogP contribution in [0, 0.1) is 11.3 Å². The van der Waals surface area contributed by atoms with Crippen LogP contribution in [0.15, 0.2) is 24.3 Å². The van der Waals surface area contributed by atoms with E-state index < -0.39 is 11.9 Å². The molecule has 1 heterocycles. The zero-order valence-corrected chi connectivity index (χ0v) is 13.8. The summed E-state index contributed by atoms with van der Waals surface area (Å²) in [6.07, 6.45) is 1.33. The molecular formula is C17H22N4O4. The smallest absolute Gasteiger partial charge is 0.305 e. The zero-order valence-electron chi connectivity index (χ0n) is 13.8. The lowest BCUT2D eigenvalue weighted by molar-refractivity contribution is -0.137. The van der Waals surface area contributed by atoms with Crippen LogP contribution in [0.1, 0.15) is 31.2 Å². The van der Waals surface area contributed by atoms with Gasteiger partial charge in [0, 0.05) is 36.7 Å². The summed E-state index contributed by atoms with van der Waals surface area (Å²) in [6.45, 7) is 0.640. The van der Waals surface area contributed by atoms with Gasteiger partial charge in [0.1, 0.15) is 5.84 Å². The van der Waals surface area contributed by atoms with Gasteiger partial charge in [-0.15, -0.1) is 0 Å². The van der Waals surface area contributed by atoms with Crippen molar-refractivity contribution in [3.05, 3.63) is 29.8 Å². The van der Waals surface area contributed by atoms with Crippen LogP contribution in [0.2, 0.25) is 0 Å². The number of nitrogens with one attached hydrogen (secondary N) is 2. The Morgan fingerprint density at radius 2 is 2.00 bits per heavy atom. The molecule has 1 aromatic rings. The Morgan fingerprint density at radius 3 is 2.60 bits per heavy atom. The van der Waals surface area contributed by atoms with Crippen LogP contribution in [0.4, 0.5) is 5.69 Å². The number of amides is 2. The second-order valence-electron chi connectivity index (χ2n) is 5.99. The third kappa shape index (κ3) is 5.03. The molecule has 8 nitrogen and oxygen atoms in total. The number of carboxylic acid groups (broad SMARTS) is 1. The first-order chi connectivity index (χ1) is 11.9. The predicted octanol–water partition coefficient (Wildman–Crippen LogP) is 0.695. The highest BCUT2D eigenvalue weighted by Gasteiger charge is 2.31. The Kier molecular flexibility index (Phi) is 6.10. The minimum Gasteiger partial charge on any atom is -0.481 e. The van der Waals surface area contributed by atoms with Gasteiger partial charge in [0.15, 0.2) is 0 Å². The Morgan fingerprint density at radius 1 is 1.32 bits per heavy atom. The first-order valence-electron chi connectivity index (χ1n) is 8.13. The Balaban J connectivity index is 1.96. The molecule has 1 saturated heterocycles. The van der Waals surface area contributed by atoms with E-state index in [0.29, 0.717) is 24.2 Å². The summed E-state index contributed by atoms with van der Waals surface area (Å²) < 4.78 is 0. The van der Waals surface area contributed by atoms with Gasteiger partial charge in [0.05, 0.1) is 6.42 Å². The molecule has 0 saturated carbocycles. The van der Waals surface area contributed by atoms with Gasteiger partial charge in [-0.2, -0.15) is 0 Å². The summed E-state index contributed by atoms with van der Waals surface area (Å²) in [6, 6.07) is 6.86. The molecule has 5 N–H and O–H groups in total. The van der Waals surface area contributed by atoms with Gasteiger partial charge < -0.3 is 21.1 Å². The molecule has 1 aliphatic rings. The molecule has 2 rings (SSSR count). The van der Waals surface area contributed by atoms with Crippen molar-refractivity contribution in [2.24, 2.45) is 11.7 Å². The lowest BCUT2D eigenvalue weighted by atomic mass is 9.93. The average molecular weight is 346 g/mol. The number of amidine groups is 1. The van der Waals surface area contributed by atoms with Gasteiger partial charge in [0.2, 0.25) is 11.8 Å². The second-order valence-corrected chi connectivity index (χ2v) is 5.99. The van der Waals surface area contributed by atoms with Crippen molar-refractivity contribution in [1.29, 1.82) is 5.41 Å². The van der Waals surface area contributed by atoms with Gasteiger partial charge in [-0.1, -0.05) is 0 Å². The maximum absolute atomic E-state index is 12.6. The van der Waals surface area contributed by atoms with Crippen molar-refractivity contribution in [3.8, 4) is 0 Å². The minimum atomic E-state index is -0.978. The monoisotopic (exact) mass is 346 g/mol. The standard InChI is InChI=1S/C17H22N4O4/c18-16(19)11-3-5-13(6-4-11)21-9-1-2-12(17(21)25)10-14(22)20-8-7-15(23)24/h3-6,12H,1-2,7-10H2,(H3,18,19)(H,20,22)(H,23,24). The van der Waals surface area contributed by atoms with E-state index >= 15 is 0 Å². The fourth-order valence-electron chi connectivity index (χ4n) is 2.82. The lowest BCUT2D eigenvalue weighted by Gasteiger charge is -2.32. The molecule has 0 radical (unpaired) electrons. The number of carbonyl (C=O) groups excluding carboxylic acids is 2. The van der Waals surface area contributed by atoms with Crippen LogP contribution in [-0.2, 0) is 14.4 Å². The summed E-state index contributed by atoms with van der Waals surface area (Å²) >= 11 is 0. The third-order valence-corrected chi connectivity index (χ3v) is 4.13. The summed E-state index contributed by atoms with van der Waals surface area (Å²) in [5.74, 6) is -1.85. The van der Waals surface area contributed by atoms with Crippen LogP contribution >= 0.6 is 0 Å². The summed E-state index contributed by atoms with van der Waals surface area (Å²) in [4.78, 5) is 36.6. The van der Waals surface area contributed by atoms with Gasteiger partial charge in [-0.3, -0.25) is 19.8 Å². The number of carboxylic acids is 1. The molecule has 134 valence electrons. The molecule has 2 amide bonds. The van der Waals surface area contributed by atoms with Crippen molar-refractivity contribution < 1.29 is 19.5 Å². The number of carbonyl (C=O) groups is 3. The molecule has 1 atom stereocenters. The van der Waals surface area contributed by atoms with E-state index in [0.717, 1.165) is 6.42 Å². The Hall–Kier alpha value is -2.90. The number of rotatable bonds is 7. The van der Waals surface area contributed by atoms with Gasteiger partial charge in [-0.05, 0) is 37.1 Å². The molecule has 1 aromatic carbocycles. The topological polar surface area (TPSA) is 137 Å². The molecule has 0 aromatic heterocycles. The molecule has 0 aliphatic carbocycles. The van der Waals surface area contributed by atoms with Crippen LogP contribution in [-0.4, -0.2) is 41.8 Å². The molecule has 0 spiro atoms. The zero-order chi connectivity index (χ0) is 18.4. The maximum Gasteiger partial charge on any atom is 0.305 e. The summed E-state index contributed by atoms with van der Waals surface area (Å²) in [5.41, 5.74) is 6.73. The van der Waals surface area contributed by atoms with Crippen LogP contribution in [0.3, 0.4) is 0 Å². The Labute approximate surface area is 145 Å². The Bertz CT molecular complexity index is 672. The van der Waals surface area contributed by atoms with Crippen molar-refractivity contribution in [3.63, 3.8) is 0 Å². The lowest BCUT2D eigenvalue weighted by Crippen LogP contribution is -2.43. The number of anilines is 1. The molecule has 1 fully saturated rings. The molecule has 25 heavy (non-hydrogen) atoms. The molecule has 1 unspecified atom stereocenters. The van der Waals surface area contributed by atoms with Gasteiger partial charge >= 0.3 is 5.97 Å². The highest BCUT2D eigenvalue weighted by atomic mass is 16.4. The van der Waals surface area contributed by atoms with Gasteiger partial charge in [-0.25, -0.2) is 0 Å². The minimum absolute atomic E-state index is 0.0348. The first kappa shape index (κ1) is 18.4. The first-order valence-corrected chi connectivity index (χ1v) is 8.13. The summed E-state index contributed by atoms with van der Waals surface area (Å²) in [7, 11) is 0. The van der Waals surface area contributed by atoms with Crippen molar-refractivity contribution in [1.82, 2.24) is 5.32 Å². The van der Waals surface area contributed by atoms with E-state index in [2.05, 4.69) is 5.32 Å². The number of nitrogens with zero attached hydrogens (tertiary/aromatic N) is 1. The number of hydrogen-bond donors (Lipinski definition) is 4. The van der Waals surface area contributed by atoms with Crippen LogP contribution < -0.4 is 16.0 Å². The van der Waals surface area contributed by atoms with E-state index in [1.54, 1.807) is 29.2 Å². The third-order valence-electron chi connectivity index (χ3n) is 4.13. The van der Waals surface area contributed by atoms with Crippen molar-refractivity contribution >= 4 is 29.3 Å². The molecular weight excluding hydrogens is 324 g/mol. The molecule has 8 heteroatoms. The fraction of sp³-hybridized carbons (Fsp3) is 0.412. The van der Waals surface area contributed by atoms with Crippen LogP contribution in [0.5, 0.6) is 0 Å². The second kappa shape index (κ2) is 8.27. The van der Waals surface area contributed by atoms with E-state index in [-0.39, 0.29) is 37.0 Å². The molecule has 1 aliphatic heterocycles. The highest BCUT2D eigenvalue weighted by Crippen LogP contribution is 2.26. The fourth-order valence-corrected chi connectivity index (χ4v) is 2.82. The van der Waals surface area contributed by atoms with E-state index in [1.165, 1.54) is 0 Å². The predicted molar refractivity (Wildman–Crippen MR) is 92.4 cm³/mol. The largest absolute Gasteiger partial charge is 0.481 e. The quantitative estimate of drug-likeness (QED) is 0.425.